The maximum atomic E-state index is 8.21. The number of allylic oxidation sites excluding steroid dienone is 2. The van der Waals surface area contributed by atoms with Gasteiger partial charge in [-0.05, 0) is 0 Å². The summed E-state index contributed by atoms with van der Waals surface area (Å²) in [5.74, 6) is -0.520. The van der Waals surface area contributed by atoms with E-state index in [9.17, 15) is 0 Å². The summed E-state index contributed by atoms with van der Waals surface area (Å²) in [6.07, 6.45) is 4.63. The molecular weight excluding hydrogens is 573 g/mol. The van der Waals surface area contributed by atoms with E-state index in [-0.39, 0.29) is 7.25 Å². The van der Waals surface area contributed by atoms with E-state index in [2.05, 4.69) is 77.2 Å². The van der Waals surface area contributed by atoms with Gasteiger partial charge < -0.3 is 0 Å². The van der Waals surface area contributed by atoms with Crippen molar-refractivity contribution in [1.29, 1.82) is 0 Å². The first-order chi connectivity index (χ1) is 15.0. The first kappa shape index (κ1) is 25.3. The second-order valence-corrected chi connectivity index (χ2v) is 53.1. The Balaban J connectivity index is 2.05. The minimum atomic E-state index is -4.58. The van der Waals surface area contributed by atoms with E-state index in [0.29, 0.717) is 11.8 Å². The van der Waals surface area contributed by atoms with Crippen LogP contribution in [-0.2, 0) is 27.3 Å². The van der Waals surface area contributed by atoms with Gasteiger partial charge in [-0.2, -0.15) is 0 Å². The topological polar surface area (TPSA) is 0 Å². The van der Waals surface area contributed by atoms with Crippen LogP contribution in [0.2, 0.25) is 13.1 Å². The quantitative estimate of drug-likeness (QED) is 0.236. The molecule has 0 nitrogen and oxygen atoms in total. The Hall–Kier alpha value is 0.180. The molecule has 0 saturated carbocycles. The van der Waals surface area contributed by atoms with Gasteiger partial charge in [0.05, 0.1) is 0 Å². The van der Waals surface area contributed by atoms with E-state index < -0.39 is 21.5 Å². The van der Waals surface area contributed by atoms with Crippen molar-refractivity contribution in [2.75, 3.05) is 0 Å². The second kappa shape index (κ2) is 8.69. The van der Waals surface area contributed by atoms with Crippen LogP contribution in [0, 0.1) is 13.8 Å². The van der Waals surface area contributed by atoms with Crippen molar-refractivity contribution in [3.8, 4) is 0 Å². The summed E-state index contributed by atoms with van der Waals surface area (Å²) in [6.45, 7) is 13.6. The van der Waals surface area contributed by atoms with Gasteiger partial charge in [0.2, 0.25) is 0 Å². The normalized spacial score (nSPS) is 21.2. The van der Waals surface area contributed by atoms with Gasteiger partial charge in [-0.25, -0.2) is 0 Å². The monoisotopic (exact) mass is 601 g/mol. The summed E-state index contributed by atoms with van der Waals surface area (Å²) in [4.78, 5) is 0. The summed E-state index contributed by atoms with van der Waals surface area (Å²) >= 11 is 8.12. The molecule has 0 spiro atoms. The molecule has 0 amide bonds. The van der Waals surface area contributed by atoms with Gasteiger partial charge in [-0.1, -0.05) is 0 Å². The van der Waals surface area contributed by atoms with Crippen molar-refractivity contribution in [3.63, 3.8) is 0 Å². The van der Waals surface area contributed by atoms with E-state index in [1.165, 1.54) is 55.7 Å². The third-order valence-corrected chi connectivity index (χ3v) is 60.6. The number of halogens is 4. The molecule has 0 N–H and O–H groups in total. The molecule has 2 atom stereocenters. The first-order valence-electron chi connectivity index (χ1n) is 11.3. The van der Waals surface area contributed by atoms with Crippen molar-refractivity contribution in [3.05, 3.63) is 79.9 Å². The molecule has 4 rings (SSSR count). The second-order valence-electron chi connectivity index (χ2n) is 10.0. The van der Waals surface area contributed by atoms with E-state index in [1.54, 1.807) is 0 Å². The number of alkyl halides is 2. The first-order valence-corrected chi connectivity index (χ1v) is 28.7. The fraction of sp³-hybridized carbons (Fsp3) is 0.385. The van der Waals surface area contributed by atoms with Crippen molar-refractivity contribution in [1.82, 2.24) is 0 Å². The van der Waals surface area contributed by atoms with Gasteiger partial charge in [-0.3, -0.25) is 0 Å². The van der Waals surface area contributed by atoms with E-state index in [1.807, 2.05) is 0 Å². The van der Waals surface area contributed by atoms with Gasteiger partial charge >= 0.3 is 214 Å². The summed E-state index contributed by atoms with van der Waals surface area (Å²) in [7, 11) is 16.4. The standard InChI is InChI=1S/2C12H12Cl.C2H7Si.2ClH.Zr/c2*1-8-5-11-9(2)3-4-10(7-13)12(11)6-8;1-3-2;;;/h2*3-6H,7H2,1-2H3;3H,1-2H3;2*1H;/q;;;;;+2/p-2. The van der Waals surface area contributed by atoms with Crippen molar-refractivity contribution < 1.29 is 15.6 Å². The van der Waals surface area contributed by atoms with E-state index in [0.717, 1.165) is 0 Å². The molecule has 2 aliphatic rings. The molecule has 2 aromatic carbocycles. The number of fused-ring (bicyclic) bond motifs is 2. The average Bonchev–Trinajstić information content (AvgIpc) is 3.28. The molecule has 2 aliphatic carbocycles. The van der Waals surface area contributed by atoms with Crippen LogP contribution in [0.4, 0.5) is 0 Å². The Bertz CT molecular complexity index is 1090. The third kappa shape index (κ3) is 3.46. The summed E-state index contributed by atoms with van der Waals surface area (Å²) < 4.78 is 0.228. The average molecular weight is 605 g/mol. The molecule has 2 aromatic rings. The number of rotatable bonds is 5. The van der Waals surface area contributed by atoms with Gasteiger partial charge in [0, 0.05) is 0 Å². The summed E-state index contributed by atoms with van der Waals surface area (Å²) in [5.41, 5.74) is 12.7. The predicted octanol–water partition coefficient (Wildman–Crippen LogP) is 9.38. The Labute approximate surface area is 211 Å². The molecule has 171 valence electrons. The van der Waals surface area contributed by atoms with Crippen molar-refractivity contribution in [2.45, 2.75) is 59.8 Å². The van der Waals surface area contributed by atoms with E-state index in [4.69, 9.17) is 40.2 Å². The number of hydrogen-bond donors (Lipinski definition) is 0. The molecule has 0 aliphatic heterocycles. The molecular formula is C26H31Cl4SiZr. The van der Waals surface area contributed by atoms with Crippen LogP contribution in [0.1, 0.15) is 65.6 Å². The molecule has 0 bridgehead atoms. The van der Waals surface area contributed by atoms with Gasteiger partial charge in [0.1, 0.15) is 0 Å². The summed E-state index contributed by atoms with van der Waals surface area (Å²) in [6, 6.07) is 8.70. The molecule has 0 radical (unpaired) electrons. The Kier molecular flexibility index (Phi) is 6.86. The van der Waals surface area contributed by atoms with Crippen LogP contribution in [0.15, 0.2) is 35.4 Å². The van der Waals surface area contributed by atoms with Crippen LogP contribution in [0.5, 0.6) is 0 Å². The van der Waals surface area contributed by atoms with Crippen LogP contribution in [-0.4, -0.2) is 5.92 Å². The van der Waals surface area contributed by atoms with Gasteiger partial charge in [-0.15, -0.1) is 0 Å². The molecule has 2 unspecified atom stereocenters. The van der Waals surface area contributed by atoms with Crippen LogP contribution >= 0.6 is 40.2 Å². The molecule has 32 heavy (non-hydrogen) atoms. The van der Waals surface area contributed by atoms with Crippen molar-refractivity contribution >= 4 is 58.3 Å². The summed E-state index contributed by atoms with van der Waals surface area (Å²) in [5, 5.41) is 0. The fourth-order valence-electron chi connectivity index (χ4n) is 6.25. The Morgan fingerprint density at radius 2 is 1.09 bits per heavy atom. The van der Waals surface area contributed by atoms with Gasteiger partial charge in [0.15, 0.2) is 0 Å². The zero-order chi connectivity index (χ0) is 23.6. The SMILES string of the molecule is CC1=Cc2c(CCl)ccc(C)c2[CH]1[Zr]([Cl])([Cl])([CH]1C(C)=Cc2c(CCl)ccc(C)c21)[SiH](C)C. The van der Waals surface area contributed by atoms with Crippen LogP contribution < -0.4 is 0 Å². The Morgan fingerprint density at radius 3 is 1.41 bits per heavy atom. The maximum absolute atomic E-state index is 8.21. The van der Waals surface area contributed by atoms with Gasteiger partial charge in [0.25, 0.3) is 0 Å². The number of hydrogen-bond acceptors (Lipinski definition) is 0. The fourth-order valence-corrected chi connectivity index (χ4v) is 39.7. The molecule has 6 heteroatoms. The third-order valence-electron chi connectivity index (χ3n) is 7.92. The van der Waals surface area contributed by atoms with Crippen LogP contribution in [0.3, 0.4) is 0 Å². The van der Waals surface area contributed by atoms with Crippen LogP contribution in [0.25, 0.3) is 12.2 Å². The predicted molar refractivity (Wildman–Crippen MR) is 145 cm³/mol. The number of aryl methyl sites for hydroxylation is 2. The molecule has 0 heterocycles. The van der Waals surface area contributed by atoms with E-state index >= 15 is 0 Å². The van der Waals surface area contributed by atoms with Crippen molar-refractivity contribution in [2.24, 2.45) is 0 Å². The zero-order valence-electron chi connectivity index (χ0n) is 19.6. The molecule has 0 aromatic heterocycles. The minimum absolute atomic E-state index is 0.114. The molecule has 0 saturated heterocycles. The number of benzene rings is 2. The Morgan fingerprint density at radius 1 is 0.719 bits per heavy atom. The zero-order valence-corrected chi connectivity index (χ0v) is 26.3. The molecule has 0 fully saturated rings.